The first kappa shape index (κ1) is 34.0. The van der Waals surface area contributed by atoms with E-state index >= 15 is 0 Å². The summed E-state index contributed by atoms with van der Waals surface area (Å²) in [6.45, 7) is 0. The van der Waals surface area contributed by atoms with Crippen LogP contribution in [0, 0.1) is 23.7 Å². The zero-order valence-corrected chi connectivity index (χ0v) is 29.9. The smallest absolute Gasteiger partial charge is 0.0765 e. The van der Waals surface area contributed by atoms with Gasteiger partial charge in [-0.05, 0) is 68.8 Å². The normalized spacial score (nSPS) is 11.0. The van der Waals surface area contributed by atoms with Crippen molar-refractivity contribution in [1.29, 1.82) is 0 Å². The molecule has 254 valence electrons. The van der Waals surface area contributed by atoms with Crippen LogP contribution in [0.5, 0.6) is 0 Å². The molecule has 8 aromatic carbocycles. The van der Waals surface area contributed by atoms with Crippen molar-refractivity contribution in [3.8, 4) is 34.8 Å². The van der Waals surface area contributed by atoms with Crippen molar-refractivity contribution in [2.45, 2.75) is 10.8 Å². The molecule has 0 amide bonds. The fourth-order valence-electron chi connectivity index (χ4n) is 7.39. The standard InChI is InChI=1S/C54H38/c1-7-19-43(20-8-1)39-41-53(47-23-11-3-12-24-47,48-25-13-4-14-26-48)51-35-31-45(32-36-51)46-33-37-52(38-34-46)54(49-27-15-5-16-28-49,50-29-17-6-18-30-50)42-40-44-21-9-2-10-22-44/h1-38H. The van der Waals surface area contributed by atoms with Gasteiger partial charge in [0.1, 0.15) is 10.8 Å². The van der Waals surface area contributed by atoms with Crippen molar-refractivity contribution in [3.05, 3.63) is 275 Å². The van der Waals surface area contributed by atoms with E-state index in [9.17, 15) is 0 Å². The van der Waals surface area contributed by atoms with Crippen LogP contribution in [0.3, 0.4) is 0 Å². The van der Waals surface area contributed by atoms with Crippen molar-refractivity contribution in [2.24, 2.45) is 0 Å². The minimum absolute atomic E-state index is 0.677. The van der Waals surface area contributed by atoms with E-state index in [0.29, 0.717) is 0 Å². The maximum Gasteiger partial charge on any atom is 0.107 e. The van der Waals surface area contributed by atoms with Crippen LogP contribution >= 0.6 is 0 Å². The van der Waals surface area contributed by atoms with Crippen molar-refractivity contribution in [1.82, 2.24) is 0 Å². The Labute approximate surface area is 319 Å². The van der Waals surface area contributed by atoms with Crippen LogP contribution in [-0.4, -0.2) is 0 Å². The molecule has 8 aromatic rings. The molecular weight excluding hydrogens is 649 g/mol. The quantitative estimate of drug-likeness (QED) is 0.116. The summed E-state index contributed by atoms with van der Waals surface area (Å²) >= 11 is 0. The fraction of sp³-hybridized carbons (Fsp3) is 0.0370. The molecular formula is C54H38. The van der Waals surface area contributed by atoms with Gasteiger partial charge in [-0.15, -0.1) is 0 Å². The van der Waals surface area contributed by atoms with Gasteiger partial charge in [-0.25, -0.2) is 0 Å². The molecule has 0 saturated heterocycles. The van der Waals surface area contributed by atoms with Crippen LogP contribution in [0.15, 0.2) is 231 Å². The predicted octanol–water partition coefficient (Wildman–Crippen LogP) is 12.1. The molecule has 0 saturated carbocycles. The van der Waals surface area contributed by atoms with Gasteiger partial charge in [0.15, 0.2) is 0 Å². The first-order valence-corrected chi connectivity index (χ1v) is 18.4. The Bertz CT molecular complexity index is 2270. The lowest BCUT2D eigenvalue weighted by molar-refractivity contribution is 0.808. The van der Waals surface area contributed by atoms with Crippen LogP contribution in [-0.2, 0) is 10.8 Å². The molecule has 0 aromatic heterocycles. The first-order valence-electron chi connectivity index (χ1n) is 18.4. The summed E-state index contributed by atoms with van der Waals surface area (Å²) in [5, 5.41) is 0. The number of hydrogen-bond acceptors (Lipinski definition) is 0. The molecule has 0 N–H and O–H groups in total. The van der Waals surface area contributed by atoms with Gasteiger partial charge in [0.2, 0.25) is 0 Å². The average molecular weight is 687 g/mol. The Morgan fingerprint density at radius 3 is 0.704 bits per heavy atom. The van der Waals surface area contributed by atoms with E-state index in [2.05, 4.69) is 218 Å². The second-order valence-corrected chi connectivity index (χ2v) is 13.4. The fourth-order valence-corrected chi connectivity index (χ4v) is 7.39. The second-order valence-electron chi connectivity index (χ2n) is 13.4. The summed E-state index contributed by atoms with van der Waals surface area (Å²) in [5.41, 5.74) is 9.65. The molecule has 0 unspecified atom stereocenters. The molecule has 0 fully saturated rings. The van der Waals surface area contributed by atoms with Gasteiger partial charge < -0.3 is 0 Å². The van der Waals surface area contributed by atoms with Crippen molar-refractivity contribution in [3.63, 3.8) is 0 Å². The molecule has 0 heterocycles. The third-order valence-corrected chi connectivity index (χ3v) is 10.1. The van der Waals surface area contributed by atoms with E-state index in [0.717, 1.165) is 55.6 Å². The highest BCUT2D eigenvalue weighted by Gasteiger charge is 2.36. The highest BCUT2D eigenvalue weighted by molar-refractivity contribution is 5.69. The SMILES string of the molecule is C(#CC(c1ccccc1)(c1ccccc1)c1ccc(-c2ccc(C(C#Cc3ccccc3)(c3ccccc3)c3ccccc3)cc2)cc1)c1ccccc1. The molecule has 0 radical (unpaired) electrons. The Balaban J connectivity index is 1.23. The molecule has 0 heteroatoms. The molecule has 0 spiro atoms. The maximum atomic E-state index is 3.77. The van der Waals surface area contributed by atoms with E-state index in [1.165, 1.54) is 0 Å². The van der Waals surface area contributed by atoms with Crippen molar-refractivity contribution < 1.29 is 0 Å². The van der Waals surface area contributed by atoms with E-state index in [1.54, 1.807) is 0 Å². The van der Waals surface area contributed by atoms with Crippen LogP contribution in [0.2, 0.25) is 0 Å². The molecule has 0 aliphatic heterocycles. The highest BCUT2D eigenvalue weighted by atomic mass is 14.4. The van der Waals surface area contributed by atoms with E-state index in [-0.39, 0.29) is 0 Å². The first-order chi connectivity index (χ1) is 26.8. The Hall–Kier alpha value is -7.12. The highest BCUT2D eigenvalue weighted by Crippen LogP contribution is 2.42. The lowest BCUT2D eigenvalue weighted by atomic mass is 9.69. The van der Waals surface area contributed by atoms with Gasteiger partial charge in [-0.3, -0.25) is 0 Å². The van der Waals surface area contributed by atoms with Gasteiger partial charge in [0.25, 0.3) is 0 Å². The zero-order chi connectivity index (χ0) is 36.5. The summed E-state index contributed by atoms with van der Waals surface area (Å²) in [7, 11) is 0. The largest absolute Gasteiger partial charge is 0.107 e. The lowest BCUT2D eigenvalue weighted by Crippen LogP contribution is -2.28. The second kappa shape index (κ2) is 15.6. The molecule has 0 bridgehead atoms. The monoisotopic (exact) mass is 686 g/mol. The number of hydrogen-bond donors (Lipinski definition) is 0. The zero-order valence-electron chi connectivity index (χ0n) is 29.9. The third-order valence-electron chi connectivity index (χ3n) is 10.1. The van der Waals surface area contributed by atoms with Crippen LogP contribution in [0.25, 0.3) is 11.1 Å². The maximum absolute atomic E-state index is 3.77. The van der Waals surface area contributed by atoms with Crippen molar-refractivity contribution >= 4 is 0 Å². The summed E-state index contributed by atoms with van der Waals surface area (Å²) < 4.78 is 0. The summed E-state index contributed by atoms with van der Waals surface area (Å²) in [6.07, 6.45) is 0. The molecule has 8 rings (SSSR count). The summed E-state index contributed by atoms with van der Waals surface area (Å²) in [6, 6.07) is 80.9. The van der Waals surface area contributed by atoms with Crippen LogP contribution < -0.4 is 0 Å². The Morgan fingerprint density at radius 1 is 0.222 bits per heavy atom. The molecule has 0 aliphatic rings. The van der Waals surface area contributed by atoms with Crippen LogP contribution in [0.4, 0.5) is 0 Å². The minimum Gasteiger partial charge on any atom is -0.0765 e. The van der Waals surface area contributed by atoms with E-state index in [1.807, 2.05) is 36.4 Å². The van der Waals surface area contributed by atoms with Crippen LogP contribution in [0.1, 0.15) is 44.5 Å². The summed E-state index contributed by atoms with van der Waals surface area (Å²) in [4.78, 5) is 0. The van der Waals surface area contributed by atoms with E-state index in [4.69, 9.17) is 0 Å². The van der Waals surface area contributed by atoms with Gasteiger partial charge in [0.05, 0.1) is 0 Å². The average Bonchev–Trinajstić information content (AvgIpc) is 3.27. The molecule has 0 nitrogen and oxygen atoms in total. The van der Waals surface area contributed by atoms with E-state index < -0.39 is 10.8 Å². The lowest BCUT2D eigenvalue weighted by Gasteiger charge is -2.31. The van der Waals surface area contributed by atoms with Gasteiger partial charge >= 0.3 is 0 Å². The van der Waals surface area contributed by atoms with Gasteiger partial charge in [-0.1, -0.05) is 230 Å². The Morgan fingerprint density at radius 2 is 0.444 bits per heavy atom. The summed E-state index contributed by atoms with van der Waals surface area (Å²) in [5.74, 6) is 14.6. The minimum atomic E-state index is -0.677. The molecule has 0 aliphatic carbocycles. The Kier molecular flexibility index (Phi) is 9.84. The number of rotatable bonds is 7. The predicted molar refractivity (Wildman–Crippen MR) is 224 cm³/mol. The topological polar surface area (TPSA) is 0 Å². The number of benzene rings is 8. The van der Waals surface area contributed by atoms with Crippen molar-refractivity contribution in [2.75, 3.05) is 0 Å². The van der Waals surface area contributed by atoms with Gasteiger partial charge in [0, 0.05) is 11.1 Å². The molecule has 0 atom stereocenters. The third kappa shape index (κ3) is 6.78. The van der Waals surface area contributed by atoms with Gasteiger partial charge in [-0.2, -0.15) is 0 Å². The molecule has 54 heavy (non-hydrogen) atoms.